The smallest absolute Gasteiger partial charge is 0.226 e. The predicted octanol–water partition coefficient (Wildman–Crippen LogP) is 1.61. The molecule has 6 nitrogen and oxygen atoms in total. The van der Waals surface area contributed by atoms with Crippen molar-refractivity contribution in [3.05, 3.63) is 17.5 Å². The molecule has 0 radical (unpaired) electrons. The van der Waals surface area contributed by atoms with Crippen LogP contribution in [-0.2, 0) is 4.74 Å². The highest BCUT2D eigenvalue weighted by Crippen LogP contribution is 2.32. The molecule has 0 spiro atoms. The van der Waals surface area contributed by atoms with Crippen molar-refractivity contribution in [2.24, 2.45) is 0 Å². The summed E-state index contributed by atoms with van der Waals surface area (Å²) < 4.78 is 19.4. The lowest BCUT2D eigenvalue weighted by molar-refractivity contribution is 0.165. The molecule has 0 amide bonds. The molecule has 0 saturated carbocycles. The fourth-order valence-corrected chi connectivity index (χ4v) is 2.65. The van der Waals surface area contributed by atoms with Gasteiger partial charge in [-0.15, -0.1) is 0 Å². The third-order valence-corrected chi connectivity index (χ3v) is 3.77. The van der Waals surface area contributed by atoms with Crippen LogP contribution in [-0.4, -0.2) is 45.4 Å². The number of allylic oxidation sites excluding steroid dienone is 1. The number of nitrogens with one attached hydrogen (secondary N) is 1. The Morgan fingerprint density at radius 2 is 2.14 bits per heavy atom. The quantitative estimate of drug-likeness (QED) is 0.881. The Balaban J connectivity index is 1.88. The van der Waals surface area contributed by atoms with E-state index in [4.69, 9.17) is 4.74 Å². The first kappa shape index (κ1) is 14.3. The normalized spacial score (nSPS) is 26.2. The van der Waals surface area contributed by atoms with Gasteiger partial charge < -0.3 is 15.2 Å². The second-order valence-electron chi connectivity index (χ2n) is 5.47. The zero-order chi connectivity index (χ0) is 14.8. The lowest BCUT2D eigenvalue weighted by Crippen LogP contribution is -2.22. The third kappa shape index (κ3) is 3.19. The average molecular weight is 294 g/mol. The van der Waals surface area contributed by atoms with Crippen molar-refractivity contribution in [2.75, 3.05) is 18.5 Å². The van der Waals surface area contributed by atoms with Crippen molar-refractivity contribution in [3.63, 3.8) is 0 Å². The Kier molecular flexibility index (Phi) is 4.12. The summed E-state index contributed by atoms with van der Waals surface area (Å²) in [6.07, 6.45) is 1.58. The highest BCUT2D eigenvalue weighted by Gasteiger charge is 2.25. The van der Waals surface area contributed by atoms with Crippen molar-refractivity contribution in [1.82, 2.24) is 15.0 Å². The Hall–Kier alpha value is -1.60. The Morgan fingerprint density at radius 1 is 1.29 bits per heavy atom. The van der Waals surface area contributed by atoms with Crippen LogP contribution < -0.4 is 5.32 Å². The van der Waals surface area contributed by atoms with Crippen LogP contribution in [0.5, 0.6) is 0 Å². The van der Waals surface area contributed by atoms with Crippen LogP contribution in [0.15, 0.2) is 5.83 Å². The number of rotatable bonds is 3. The zero-order valence-corrected chi connectivity index (χ0v) is 12.0. The number of ether oxygens (including phenoxy) is 1. The van der Waals surface area contributed by atoms with Crippen molar-refractivity contribution in [3.8, 4) is 0 Å². The molecule has 1 unspecified atom stereocenters. The Labute approximate surface area is 122 Å². The third-order valence-electron chi connectivity index (χ3n) is 3.77. The molecule has 114 valence electrons. The average Bonchev–Trinajstić information content (AvgIpc) is 2.94. The van der Waals surface area contributed by atoms with Crippen LogP contribution in [0, 0.1) is 6.92 Å². The molecule has 2 atom stereocenters. The fraction of sp³-hybridized carbons (Fsp3) is 0.643. The molecule has 2 N–H and O–H groups in total. The molecule has 1 aliphatic carbocycles. The van der Waals surface area contributed by atoms with E-state index < -0.39 is 11.9 Å². The van der Waals surface area contributed by atoms with Crippen molar-refractivity contribution < 1.29 is 14.2 Å². The summed E-state index contributed by atoms with van der Waals surface area (Å²) in [6.45, 7) is 3.09. The van der Waals surface area contributed by atoms with Crippen LogP contribution >= 0.6 is 0 Å². The van der Waals surface area contributed by atoms with Crippen LogP contribution in [0.2, 0.25) is 0 Å². The molecule has 1 fully saturated rings. The number of aliphatic hydroxyl groups is 1. The number of hydrogen-bond donors (Lipinski definition) is 2. The van der Waals surface area contributed by atoms with Gasteiger partial charge in [0.05, 0.1) is 12.6 Å². The van der Waals surface area contributed by atoms with E-state index >= 15 is 0 Å². The molecule has 2 aliphatic rings. The minimum Gasteiger partial charge on any atom is -0.386 e. The van der Waals surface area contributed by atoms with E-state index in [0.717, 1.165) is 19.4 Å². The van der Waals surface area contributed by atoms with Gasteiger partial charge in [-0.25, -0.2) is 9.37 Å². The first-order valence-corrected chi connectivity index (χ1v) is 7.27. The molecule has 1 aromatic rings. The number of aliphatic hydroxyl groups excluding tert-OH is 1. The number of halogens is 1. The van der Waals surface area contributed by atoms with Gasteiger partial charge in [-0.05, 0) is 32.6 Å². The Bertz CT molecular complexity index is 558. The van der Waals surface area contributed by atoms with Crippen molar-refractivity contribution in [1.29, 1.82) is 0 Å². The molecule has 2 heterocycles. The van der Waals surface area contributed by atoms with Gasteiger partial charge >= 0.3 is 0 Å². The standard InChI is InChI=1S/C14H19FN4O2/c1-8-16-13(10-3-2-4-11(20)12(10)15)19-14(17-8)18-9-5-6-21-7-9/h9,11,20H,2-7H2,1H3,(H,16,17,18,19)/t9-,11?/m0/s1. The van der Waals surface area contributed by atoms with Gasteiger partial charge in [0.2, 0.25) is 5.95 Å². The van der Waals surface area contributed by atoms with Crippen LogP contribution in [0.3, 0.4) is 0 Å². The van der Waals surface area contributed by atoms with E-state index in [0.29, 0.717) is 42.6 Å². The first-order valence-electron chi connectivity index (χ1n) is 7.27. The second-order valence-corrected chi connectivity index (χ2v) is 5.47. The van der Waals surface area contributed by atoms with Gasteiger partial charge in [-0.1, -0.05) is 0 Å². The maximum absolute atomic E-state index is 14.1. The van der Waals surface area contributed by atoms with Gasteiger partial charge in [0, 0.05) is 12.2 Å². The minimum absolute atomic E-state index is 0.176. The van der Waals surface area contributed by atoms with Gasteiger partial charge in [0.15, 0.2) is 5.82 Å². The zero-order valence-electron chi connectivity index (χ0n) is 12.0. The van der Waals surface area contributed by atoms with Crippen LogP contribution in [0.4, 0.5) is 10.3 Å². The number of aryl methyl sites for hydroxylation is 1. The van der Waals surface area contributed by atoms with E-state index in [9.17, 15) is 9.50 Å². The summed E-state index contributed by atoms with van der Waals surface area (Å²) in [6, 6.07) is 0.176. The molecule has 0 aromatic carbocycles. The second kappa shape index (κ2) is 6.03. The summed E-state index contributed by atoms with van der Waals surface area (Å²) in [5, 5.41) is 12.8. The fourth-order valence-electron chi connectivity index (χ4n) is 2.65. The Morgan fingerprint density at radius 3 is 2.90 bits per heavy atom. The van der Waals surface area contributed by atoms with Gasteiger partial charge in [0.25, 0.3) is 0 Å². The highest BCUT2D eigenvalue weighted by atomic mass is 19.1. The first-order chi connectivity index (χ1) is 10.1. The van der Waals surface area contributed by atoms with Crippen molar-refractivity contribution in [2.45, 2.75) is 44.8 Å². The maximum atomic E-state index is 14.1. The molecule has 1 saturated heterocycles. The molecular weight excluding hydrogens is 275 g/mol. The number of aromatic nitrogens is 3. The van der Waals surface area contributed by atoms with Gasteiger partial charge in [-0.2, -0.15) is 9.97 Å². The molecule has 0 bridgehead atoms. The topological polar surface area (TPSA) is 80.2 Å². The van der Waals surface area contributed by atoms with E-state index in [1.807, 2.05) is 0 Å². The van der Waals surface area contributed by atoms with E-state index in [1.165, 1.54) is 0 Å². The number of anilines is 1. The summed E-state index contributed by atoms with van der Waals surface area (Å²) in [4.78, 5) is 12.8. The monoisotopic (exact) mass is 294 g/mol. The highest BCUT2D eigenvalue weighted by molar-refractivity contribution is 5.64. The molecule has 1 aromatic heterocycles. The van der Waals surface area contributed by atoms with Crippen molar-refractivity contribution >= 4 is 11.5 Å². The molecular formula is C14H19FN4O2. The van der Waals surface area contributed by atoms with E-state index in [2.05, 4.69) is 20.3 Å². The largest absolute Gasteiger partial charge is 0.386 e. The summed E-state index contributed by atoms with van der Waals surface area (Å²) in [5.41, 5.74) is 0.393. The molecule has 7 heteroatoms. The summed E-state index contributed by atoms with van der Waals surface area (Å²) in [7, 11) is 0. The summed E-state index contributed by atoms with van der Waals surface area (Å²) >= 11 is 0. The predicted molar refractivity (Wildman–Crippen MR) is 75.3 cm³/mol. The summed E-state index contributed by atoms with van der Waals surface area (Å²) in [5.74, 6) is 0.775. The number of hydrogen-bond acceptors (Lipinski definition) is 6. The number of nitrogens with zero attached hydrogens (tertiary/aromatic N) is 3. The van der Waals surface area contributed by atoms with Gasteiger partial charge in [0.1, 0.15) is 17.8 Å². The van der Waals surface area contributed by atoms with Gasteiger partial charge in [-0.3, -0.25) is 0 Å². The lowest BCUT2D eigenvalue weighted by Gasteiger charge is -2.19. The molecule has 21 heavy (non-hydrogen) atoms. The molecule has 1 aliphatic heterocycles. The lowest BCUT2D eigenvalue weighted by atomic mass is 9.96. The SMILES string of the molecule is Cc1nc(N[C@H]2CCOC2)nc(C2=C(F)C(O)CCC2)n1. The van der Waals surface area contributed by atoms with Crippen LogP contribution in [0.1, 0.15) is 37.3 Å². The molecule has 3 rings (SSSR count). The minimum atomic E-state index is -1.04. The van der Waals surface area contributed by atoms with Crippen LogP contribution in [0.25, 0.3) is 5.57 Å². The van der Waals surface area contributed by atoms with E-state index in [-0.39, 0.29) is 6.04 Å². The maximum Gasteiger partial charge on any atom is 0.226 e. The van der Waals surface area contributed by atoms with E-state index in [1.54, 1.807) is 6.92 Å².